The zero-order valence-corrected chi connectivity index (χ0v) is 24.0. The summed E-state index contributed by atoms with van der Waals surface area (Å²) in [5.74, 6) is 0.574. The van der Waals surface area contributed by atoms with Gasteiger partial charge in [-0.05, 0) is 49.2 Å². The van der Waals surface area contributed by atoms with Crippen LogP contribution in [0.1, 0.15) is 34.8 Å². The number of thiophene rings is 1. The van der Waals surface area contributed by atoms with Crippen LogP contribution >= 0.6 is 34.7 Å². The third kappa shape index (κ3) is 6.89. The molecule has 0 spiro atoms. The van der Waals surface area contributed by atoms with Crippen molar-refractivity contribution < 1.29 is 19.1 Å². The van der Waals surface area contributed by atoms with Gasteiger partial charge in [-0.3, -0.25) is 9.36 Å². The van der Waals surface area contributed by atoms with Crippen molar-refractivity contribution in [2.24, 2.45) is 0 Å². The van der Waals surface area contributed by atoms with Crippen LogP contribution in [-0.2, 0) is 16.1 Å². The lowest BCUT2D eigenvalue weighted by molar-refractivity contribution is -0.113. The van der Waals surface area contributed by atoms with Gasteiger partial charge in [0, 0.05) is 22.5 Å². The number of hydrogen-bond acceptors (Lipinski definition) is 8. The average molecular weight is 583 g/mol. The smallest absolute Gasteiger partial charge is 0.341 e. The maximum Gasteiger partial charge on any atom is 0.341 e. The first kappa shape index (κ1) is 28.4. The fourth-order valence-electron chi connectivity index (χ4n) is 3.84. The van der Waals surface area contributed by atoms with Crippen molar-refractivity contribution in [1.29, 1.82) is 0 Å². The number of methoxy groups -OCH3 is 1. The second-order valence-electron chi connectivity index (χ2n) is 8.51. The van der Waals surface area contributed by atoms with Crippen LogP contribution in [0.4, 0.5) is 5.00 Å². The highest BCUT2D eigenvalue weighted by Crippen LogP contribution is 2.37. The third-order valence-corrected chi connectivity index (χ3v) is 7.76. The third-order valence-electron chi connectivity index (χ3n) is 5.64. The molecule has 0 saturated carbocycles. The van der Waals surface area contributed by atoms with E-state index in [1.807, 2.05) is 54.8 Å². The standard InChI is InChI=1S/C28H27ClN4O4S2/c1-5-13-33-25(18(3)37-21-8-6-7-17(2)14-21)31-32-28(33)39-16-23(34)30-26-24(27(35)36-4)22(15-38-26)19-9-11-20(29)12-10-19/h5-12,14-15,18H,1,13,16H2,2-4H3,(H,30,34). The number of nitrogens with zero attached hydrogens (tertiary/aromatic N) is 3. The number of anilines is 1. The fourth-order valence-corrected chi connectivity index (χ4v) is 5.70. The second-order valence-corrected chi connectivity index (χ2v) is 10.8. The summed E-state index contributed by atoms with van der Waals surface area (Å²) in [4.78, 5) is 25.5. The average Bonchev–Trinajstić information content (AvgIpc) is 3.52. The van der Waals surface area contributed by atoms with Gasteiger partial charge in [0.05, 0.1) is 12.9 Å². The van der Waals surface area contributed by atoms with Crippen LogP contribution in [-0.4, -0.2) is 39.5 Å². The summed E-state index contributed by atoms with van der Waals surface area (Å²) in [6.07, 6.45) is 1.37. The first-order valence-electron chi connectivity index (χ1n) is 12.0. The molecule has 1 atom stereocenters. The van der Waals surface area contributed by atoms with Crippen LogP contribution in [0.5, 0.6) is 5.75 Å². The summed E-state index contributed by atoms with van der Waals surface area (Å²) in [5.41, 5.74) is 2.83. The van der Waals surface area contributed by atoms with Crippen molar-refractivity contribution in [2.75, 3.05) is 18.2 Å². The molecule has 0 aliphatic carbocycles. The Kier molecular flexibility index (Phi) is 9.45. The van der Waals surface area contributed by atoms with E-state index < -0.39 is 5.97 Å². The minimum Gasteiger partial charge on any atom is -0.483 e. The molecule has 39 heavy (non-hydrogen) atoms. The number of aryl methyl sites for hydroxylation is 1. The second kappa shape index (κ2) is 13.0. The summed E-state index contributed by atoms with van der Waals surface area (Å²) < 4.78 is 12.9. The van der Waals surface area contributed by atoms with Gasteiger partial charge < -0.3 is 14.8 Å². The van der Waals surface area contributed by atoms with E-state index in [9.17, 15) is 9.59 Å². The maximum atomic E-state index is 12.9. The van der Waals surface area contributed by atoms with E-state index in [1.54, 1.807) is 23.6 Å². The van der Waals surface area contributed by atoms with E-state index in [0.29, 0.717) is 38.7 Å². The van der Waals surface area contributed by atoms with Crippen molar-refractivity contribution in [1.82, 2.24) is 14.8 Å². The number of carbonyl (C=O) groups is 2. The normalized spacial score (nSPS) is 11.6. The molecule has 2 aromatic heterocycles. The Morgan fingerprint density at radius 3 is 2.69 bits per heavy atom. The predicted molar refractivity (Wildman–Crippen MR) is 156 cm³/mol. The molecule has 2 aromatic carbocycles. The Bertz CT molecular complexity index is 1480. The van der Waals surface area contributed by atoms with Gasteiger partial charge in [-0.1, -0.05) is 53.7 Å². The first-order chi connectivity index (χ1) is 18.8. The summed E-state index contributed by atoms with van der Waals surface area (Å²) >= 11 is 8.49. The number of carbonyl (C=O) groups excluding carboxylic acids is 2. The monoisotopic (exact) mass is 582 g/mol. The molecule has 11 heteroatoms. The van der Waals surface area contributed by atoms with Gasteiger partial charge >= 0.3 is 5.97 Å². The molecule has 8 nitrogen and oxygen atoms in total. The number of allylic oxidation sites excluding steroid dienone is 1. The van der Waals surface area contributed by atoms with E-state index in [1.165, 1.54) is 30.2 Å². The largest absolute Gasteiger partial charge is 0.483 e. The number of hydrogen-bond donors (Lipinski definition) is 1. The van der Waals surface area contributed by atoms with Crippen LogP contribution in [0.2, 0.25) is 5.02 Å². The van der Waals surface area contributed by atoms with Crippen LogP contribution in [0, 0.1) is 6.92 Å². The number of nitrogens with one attached hydrogen (secondary N) is 1. The zero-order valence-electron chi connectivity index (χ0n) is 21.6. The number of aromatic nitrogens is 3. The van der Waals surface area contributed by atoms with E-state index in [-0.39, 0.29) is 17.8 Å². The fraction of sp³-hybridized carbons (Fsp3) is 0.214. The van der Waals surface area contributed by atoms with Crippen molar-refractivity contribution in [3.8, 4) is 16.9 Å². The minimum absolute atomic E-state index is 0.0528. The van der Waals surface area contributed by atoms with E-state index >= 15 is 0 Å². The number of halogens is 1. The van der Waals surface area contributed by atoms with Crippen LogP contribution in [0.25, 0.3) is 11.1 Å². The molecule has 1 unspecified atom stereocenters. The van der Waals surface area contributed by atoms with Gasteiger partial charge in [-0.25, -0.2) is 4.79 Å². The van der Waals surface area contributed by atoms with Gasteiger partial charge in [-0.15, -0.1) is 28.1 Å². The van der Waals surface area contributed by atoms with Crippen molar-refractivity contribution >= 4 is 51.6 Å². The van der Waals surface area contributed by atoms with Gasteiger partial charge in [0.1, 0.15) is 16.3 Å². The predicted octanol–water partition coefficient (Wildman–Crippen LogP) is 6.81. The van der Waals surface area contributed by atoms with Gasteiger partial charge in [0.2, 0.25) is 5.91 Å². The highest BCUT2D eigenvalue weighted by Gasteiger charge is 2.24. The zero-order chi connectivity index (χ0) is 27.9. The molecular weight excluding hydrogens is 556 g/mol. The molecule has 1 N–H and O–H groups in total. The Morgan fingerprint density at radius 2 is 2.00 bits per heavy atom. The molecular formula is C28H27ClN4O4S2. The highest BCUT2D eigenvalue weighted by molar-refractivity contribution is 7.99. The van der Waals surface area contributed by atoms with E-state index in [0.717, 1.165) is 16.9 Å². The van der Waals surface area contributed by atoms with Gasteiger partial charge in [0.15, 0.2) is 17.1 Å². The summed E-state index contributed by atoms with van der Waals surface area (Å²) in [7, 11) is 1.31. The van der Waals surface area contributed by atoms with Gasteiger partial charge in [0.25, 0.3) is 0 Å². The minimum atomic E-state index is -0.540. The van der Waals surface area contributed by atoms with E-state index in [4.69, 9.17) is 21.1 Å². The molecule has 0 aliphatic rings. The van der Waals surface area contributed by atoms with Gasteiger partial charge in [-0.2, -0.15) is 0 Å². The highest BCUT2D eigenvalue weighted by atomic mass is 35.5. The van der Waals surface area contributed by atoms with Crippen LogP contribution in [0.15, 0.2) is 71.7 Å². The lowest BCUT2D eigenvalue weighted by Gasteiger charge is -2.16. The quantitative estimate of drug-likeness (QED) is 0.118. The number of thioether (sulfide) groups is 1. The molecule has 2 heterocycles. The summed E-state index contributed by atoms with van der Waals surface area (Å²) in [6.45, 7) is 8.19. The summed E-state index contributed by atoms with van der Waals surface area (Å²) in [6, 6.07) is 14.9. The number of ether oxygens (including phenoxy) is 2. The number of rotatable bonds is 11. The SMILES string of the molecule is C=CCn1c(SCC(=O)Nc2scc(-c3ccc(Cl)cc3)c2C(=O)OC)nnc1C(C)Oc1cccc(C)c1. The molecule has 4 rings (SSSR count). The molecule has 0 aliphatic heterocycles. The molecule has 1 amide bonds. The molecule has 0 radical (unpaired) electrons. The van der Waals surface area contributed by atoms with Crippen molar-refractivity contribution in [3.63, 3.8) is 0 Å². The molecule has 0 saturated heterocycles. The van der Waals surface area contributed by atoms with E-state index in [2.05, 4.69) is 22.1 Å². The van der Waals surface area contributed by atoms with Crippen LogP contribution in [0.3, 0.4) is 0 Å². The first-order valence-corrected chi connectivity index (χ1v) is 14.2. The molecule has 4 aromatic rings. The Morgan fingerprint density at radius 1 is 1.23 bits per heavy atom. The van der Waals surface area contributed by atoms with Crippen molar-refractivity contribution in [2.45, 2.75) is 31.7 Å². The molecule has 202 valence electrons. The Labute approximate surface area is 240 Å². The number of esters is 1. The maximum absolute atomic E-state index is 12.9. The van der Waals surface area contributed by atoms with Crippen molar-refractivity contribution in [3.05, 3.63) is 88.5 Å². The topological polar surface area (TPSA) is 95.3 Å². The van der Waals surface area contributed by atoms with Crippen LogP contribution < -0.4 is 10.1 Å². The molecule has 0 bridgehead atoms. The number of benzene rings is 2. The lowest BCUT2D eigenvalue weighted by atomic mass is 10.0. The Balaban J connectivity index is 1.47. The lowest BCUT2D eigenvalue weighted by Crippen LogP contribution is -2.17. The summed E-state index contributed by atoms with van der Waals surface area (Å²) in [5, 5.41) is 14.8. The molecule has 0 fully saturated rings. The Hall–Kier alpha value is -3.60. The number of amides is 1.